The normalized spacial score (nSPS) is 11.7. The third-order valence-electron chi connectivity index (χ3n) is 2.70. The van der Waals surface area contributed by atoms with Crippen molar-refractivity contribution < 1.29 is 13.2 Å². The van der Waals surface area contributed by atoms with Crippen molar-refractivity contribution in [2.75, 3.05) is 0 Å². The number of alkyl halides is 3. The molecule has 0 unspecified atom stereocenters. The Hall–Kier alpha value is -2.36. The molecule has 0 N–H and O–H groups in total. The Balaban J connectivity index is 2.54. The summed E-state index contributed by atoms with van der Waals surface area (Å²) in [6.07, 6.45) is -2.22. The topological polar surface area (TPSA) is 54.5 Å². The highest BCUT2D eigenvalue weighted by molar-refractivity contribution is 5.52. The first-order chi connectivity index (χ1) is 9.32. The van der Waals surface area contributed by atoms with Crippen LogP contribution in [0.25, 0.3) is 11.5 Å². The molecule has 0 spiro atoms. The van der Waals surface area contributed by atoms with Crippen LogP contribution < -0.4 is 0 Å². The monoisotopic (exact) mass is 280 g/mol. The minimum Gasteiger partial charge on any atom is -0.327 e. The van der Waals surface area contributed by atoms with Crippen LogP contribution in [-0.4, -0.2) is 14.5 Å². The number of aromatic nitrogens is 3. The molecule has 2 aromatic rings. The Labute approximate surface area is 113 Å². The van der Waals surface area contributed by atoms with Crippen LogP contribution in [0.3, 0.4) is 0 Å². The van der Waals surface area contributed by atoms with Gasteiger partial charge in [-0.3, -0.25) is 4.98 Å². The molecule has 2 rings (SSSR count). The highest BCUT2D eigenvalue weighted by Gasteiger charge is 2.35. The molecular formula is C13H11F3N4. The molecule has 0 atom stereocenters. The fourth-order valence-corrected chi connectivity index (χ4v) is 1.71. The second-order valence-corrected chi connectivity index (χ2v) is 4.49. The predicted octanol–water partition coefficient (Wildman–Crippen LogP) is 3.42. The number of hydrogen-bond donors (Lipinski definition) is 0. The number of nitriles is 1. The lowest BCUT2D eigenvalue weighted by Gasteiger charge is -2.10. The molecule has 7 heteroatoms. The molecular weight excluding hydrogens is 269 g/mol. The largest absolute Gasteiger partial charge is 0.434 e. The van der Waals surface area contributed by atoms with Crippen LogP contribution in [-0.2, 0) is 6.18 Å². The van der Waals surface area contributed by atoms with Crippen molar-refractivity contribution in [2.24, 2.45) is 0 Å². The van der Waals surface area contributed by atoms with Gasteiger partial charge in [-0.05, 0) is 26.0 Å². The Bertz CT molecular complexity index is 648. The van der Waals surface area contributed by atoms with Gasteiger partial charge < -0.3 is 4.57 Å². The summed E-state index contributed by atoms with van der Waals surface area (Å²) in [6.45, 7) is 3.52. The van der Waals surface area contributed by atoms with E-state index >= 15 is 0 Å². The smallest absolute Gasteiger partial charge is 0.327 e. The van der Waals surface area contributed by atoms with Crippen LogP contribution in [0.15, 0.2) is 24.5 Å². The van der Waals surface area contributed by atoms with Crippen LogP contribution in [0.2, 0.25) is 0 Å². The molecule has 0 aliphatic carbocycles. The van der Waals surface area contributed by atoms with Gasteiger partial charge in [-0.2, -0.15) is 18.4 Å². The molecule has 0 aromatic carbocycles. The van der Waals surface area contributed by atoms with Crippen molar-refractivity contribution in [3.05, 3.63) is 35.8 Å². The van der Waals surface area contributed by atoms with E-state index in [0.29, 0.717) is 11.3 Å². The maximum atomic E-state index is 12.7. The van der Waals surface area contributed by atoms with E-state index in [9.17, 15) is 13.2 Å². The van der Waals surface area contributed by atoms with Crippen LogP contribution in [0, 0.1) is 11.3 Å². The third kappa shape index (κ3) is 2.64. The average Bonchev–Trinajstić information content (AvgIpc) is 2.84. The maximum Gasteiger partial charge on any atom is 0.434 e. The molecule has 2 aromatic heterocycles. The van der Waals surface area contributed by atoms with E-state index in [4.69, 9.17) is 5.26 Å². The molecule has 0 aliphatic heterocycles. The fourth-order valence-electron chi connectivity index (χ4n) is 1.71. The van der Waals surface area contributed by atoms with Crippen LogP contribution >= 0.6 is 0 Å². The lowest BCUT2D eigenvalue weighted by molar-refractivity contribution is -0.140. The summed E-state index contributed by atoms with van der Waals surface area (Å²) in [6, 6.07) is 4.69. The lowest BCUT2D eigenvalue weighted by atomic mass is 10.2. The zero-order valence-electron chi connectivity index (χ0n) is 10.8. The number of imidazole rings is 1. The van der Waals surface area contributed by atoms with Gasteiger partial charge in [0.1, 0.15) is 11.8 Å². The van der Waals surface area contributed by atoms with Gasteiger partial charge in [0.2, 0.25) is 0 Å². The van der Waals surface area contributed by atoms with Crippen molar-refractivity contribution in [1.82, 2.24) is 14.5 Å². The summed E-state index contributed by atoms with van der Waals surface area (Å²) in [4.78, 5) is 7.61. The van der Waals surface area contributed by atoms with Gasteiger partial charge in [0.15, 0.2) is 11.5 Å². The molecule has 0 saturated heterocycles. The summed E-state index contributed by atoms with van der Waals surface area (Å²) >= 11 is 0. The Morgan fingerprint density at radius 3 is 2.45 bits per heavy atom. The summed E-state index contributed by atoms with van der Waals surface area (Å²) in [5, 5.41) is 8.69. The Kier molecular flexibility index (Phi) is 3.49. The standard InChI is InChI=1S/C13H11F3N4/c1-8(2)20-7-11(13(14,15)16)19-12(20)10-4-3-9(5-17)6-18-10/h3-4,6-8H,1-2H3. The van der Waals surface area contributed by atoms with Gasteiger partial charge in [0, 0.05) is 18.4 Å². The summed E-state index contributed by atoms with van der Waals surface area (Å²) in [7, 11) is 0. The molecule has 0 aliphatic rings. The summed E-state index contributed by atoms with van der Waals surface area (Å²) < 4.78 is 39.6. The molecule has 0 saturated carbocycles. The number of hydrogen-bond acceptors (Lipinski definition) is 3. The van der Waals surface area contributed by atoms with Gasteiger partial charge in [0.25, 0.3) is 0 Å². The zero-order chi connectivity index (χ0) is 14.9. The van der Waals surface area contributed by atoms with Gasteiger partial charge in [0.05, 0.1) is 5.56 Å². The summed E-state index contributed by atoms with van der Waals surface area (Å²) in [5.74, 6) is 0.136. The van der Waals surface area contributed by atoms with Crippen LogP contribution in [0.4, 0.5) is 13.2 Å². The molecule has 0 amide bonds. The first kappa shape index (κ1) is 14.1. The van der Waals surface area contributed by atoms with E-state index in [2.05, 4.69) is 9.97 Å². The van der Waals surface area contributed by atoms with Crippen molar-refractivity contribution in [1.29, 1.82) is 5.26 Å². The van der Waals surface area contributed by atoms with Gasteiger partial charge >= 0.3 is 6.18 Å². The Morgan fingerprint density at radius 2 is 2.00 bits per heavy atom. The molecule has 104 valence electrons. The van der Waals surface area contributed by atoms with E-state index in [1.165, 1.54) is 22.9 Å². The molecule has 0 bridgehead atoms. The van der Waals surface area contributed by atoms with Crippen molar-refractivity contribution in [2.45, 2.75) is 26.1 Å². The number of pyridine rings is 1. The van der Waals surface area contributed by atoms with Crippen molar-refractivity contribution in [3.63, 3.8) is 0 Å². The van der Waals surface area contributed by atoms with Gasteiger partial charge in [-0.15, -0.1) is 0 Å². The first-order valence-electron chi connectivity index (χ1n) is 5.85. The van der Waals surface area contributed by atoms with E-state index < -0.39 is 11.9 Å². The highest BCUT2D eigenvalue weighted by Crippen LogP contribution is 2.31. The second kappa shape index (κ2) is 4.96. The van der Waals surface area contributed by atoms with Crippen molar-refractivity contribution in [3.8, 4) is 17.6 Å². The summed E-state index contributed by atoms with van der Waals surface area (Å²) in [5.41, 5.74) is -0.312. The van der Waals surface area contributed by atoms with E-state index in [1.807, 2.05) is 6.07 Å². The molecule has 0 radical (unpaired) electrons. The predicted molar refractivity (Wildman–Crippen MR) is 65.6 cm³/mol. The quantitative estimate of drug-likeness (QED) is 0.847. The molecule has 2 heterocycles. The van der Waals surface area contributed by atoms with Crippen molar-refractivity contribution >= 4 is 0 Å². The number of nitrogens with zero attached hydrogens (tertiary/aromatic N) is 4. The van der Waals surface area contributed by atoms with Gasteiger partial charge in [-0.25, -0.2) is 4.98 Å². The number of rotatable bonds is 2. The average molecular weight is 280 g/mol. The van der Waals surface area contributed by atoms with Gasteiger partial charge in [-0.1, -0.05) is 0 Å². The molecule has 4 nitrogen and oxygen atoms in total. The SMILES string of the molecule is CC(C)n1cc(C(F)(F)F)nc1-c1ccc(C#N)cn1. The van der Waals surface area contributed by atoms with Crippen LogP contribution in [0.5, 0.6) is 0 Å². The third-order valence-corrected chi connectivity index (χ3v) is 2.70. The fraction of sp³-hybridized carbons (Fsp3) is 0.308. The molecule has 0 fully saturated rings. The lowest BCUT2D eigenvalue weighted by Crippen LogP contribution is -2.05. The van der Waals surface area contributed by atoms with E-state index in [0.717, 1.165) is 6.20 Å². The second-order valence-electron chi connectivity index (χ2n) is 4.49. The minimum absolute atomic E-state index is 0.136. The van der Waals surface area contributed by atoms with Crippen LogP contribution in [0.1, 0.15) is 31.1 Å². The zero-order valence-corrected chi connectivity index (χ0v) is 10.8. The highest BCUT2D eigenvalue weighted by atomic mass is 19.4. The van der Waals surface area contributed by atoms with E-state index in [1.54, 1.807) is 13.8 Å². The number of halogens is 3. The molecule has 20 heavy (non-hydrogen) atoms. The van der Waals surface area contributed by atoms with E-state index in [-0.39, 0.29) is 11.9 Å². The Morgan fingerprint density at radius 1 is 1.30 bits per heavy atom. The maximum absolute atomic E-state index is 12.7. The first-order valence-corrected chi connectivity index (χ1v) is 5.85. The minimum atomic E-state index is -4.50.